The van der Waals surface area contributed by atoms with Gasteiger partial charge in [-0.1, -0.05) is 66.7 Å². The lowest BCUT2D eigenvalue weighted by atomic mass is 10.1. The van der Waals surface area contributed by atoms with Gasteiger partial charge in [-0.25, -0.2) is 4.68 Å². The van der Waals surface area contributed by atoms with E-state index in [9.17, 15) is 0 Å². The lowest BCUT2D eigenvalue weighted by Gasteiger charge is -2.10. The highest BCUT2D eigenvalue weighted by molar-refractivity contribution is 5.79. The number of rotatable bonds is 4. The van der Waals surface area contributed by atoms with Crippen molar-refractivity contribution in [3.05, 3.63) is 97.2 Å². The van der Waals surface area contributed by atoms with Crippen LogP contribution in [0.2, 0.25) is 0 Å². The highest BCUT2D eigenvalue weighted by atomic mass is 15.5. The Balaban J connectivity index is 1.75. The Morgan fingerprint density at radius 1 is 0.607 bits per heavy atom. The van der Waals surface area contributed by atoms with Crippen molar-refractivity contribution in [2.75, 3.05) is 0 Å². The van der Waals surface area contributed by atoms with E-state index in [1.807, 2.05) is 89.7 Å². The molecule has 0 aliphatic heterocycles. The summed E-state index contributed by atoms with van der Waals surface area (Å²) in [5.41, 5.74) is 4.73. The van der Waals surface area contributed by atoms with E-state index in [1.165, 1.54) is 0 Å². The summed E-state index contributed by atoms with van der Waals surface area (Å²) in [4.78, 5) is 0. The number of para-hydroxylation sites is 2. The molecule has 0 bridgehead atoms. The summed E-state index contributed by atoms with van der Waals surface area (Å²) >= 11 is 0. The number of hydrogen-bond donors (Lipinski definition) is 0. The third-order valence-electron chi connectivity index (χ3n) is 4.53. The minimum absolute atomic E-state index is 0.646. The van der Waals surface area contributed by atoms with Crippen LogP contribution in [0.3, 0.4) is 0 Å². The molecule has 0 saturated heterocycles. The molecule has 0 atom stereocenters. The second kappa shape index (κ2) is 6.92. The van der Waals surface area contributed by atoms with Gasteiger partial charge in [0.1, 0.15) is 0 Å². The smallest absolute Gasteiger partial charge is 0.190 e. The molecule has 28 heavy (non-hydrogen) atoms. The molecule has 0 fully saturated rings. The van der Waals surface area contributed by atoms with Crippen LogP contribution in [0.5, 0.6) is 0 Å². The van der Waals surface area contributed by atoms with Crippen LogP contribution >= 0.6 is 0 Å². The van der Waals surface area contributed by atoms with Crippen molar-refractivity contribution in [1.29, 1.82) is 0 Å². The van der Waals surface area contributed by atoms with E-state index in [-0.39, 0.29) is 0 Å². The lowest BCUT2D eigenvalue weighted by Crippen LogP contribution is -2.02. The zero-order valence-corrected chi connectivity index (χ0v) is 14.9. The summed E-state index contributed by atoms with van der Waals surface area (Å²) in [6.07, 6.45) is 1.82. The average molecular weight is 364 g/mol. The van der Waals surface area contributed by atoms with E-state index in [0.29, 0.717) is 5.82 Å². The maximum absolute atomic E-state index is 4.66. The van der Waals surface area contributed by atoms with Crippen molar-refractivity contribution >= 4 is 0 Å². The molecule has 0 saturated carbocycles. The number of tetrazole rings is 1. The van der Waals surface area contributed by atoms with Crippen LogP contribution in [0.15, 0.2) is 97.2 Å². The van der Waals surface area contributed by atoms with Gasteiger partial charge in [0.25, 0.3) is 0 Å². The van der Waals surface area contributed by atoms with Crippen molar-refractivity contribution in [2.24, 2.45) is 0 Å². The van der Waals surface area contributed by atoms with Crippen LogP contribution in [0.1, 0.15) is 0 Å². The van der Waals surface area contributed by atoms with Gasteiger partial charge >= 0.3 is 0 Å². The van der Waals surface area contributed by atoms with Crippen LogP contribution in [0, 0.1) is 0 Å². The van der Waals surface area contributed by atoms with Gasteiger partial charge in [-0.2, -0.15) is 9.78 Å². The van der Waals surface area contributed by atoms with Gasteiger partial charge in [-0.3, -0.25) is 0 Å². The SMILES string of the molecule is c1ccc(-c2c(-c3nnnn3-c3ccccc3)cnn2-c2ccccc2)cc1. The first kappa shape index (κ1) is 16.1. The number of benzene rings is 3. The molecule has 0 radical (unpaired) electrons. The molecule has 6 nitrogen and oxygen atoms in total. The molecule has 134 valence electrons. The summed E-state index contributed by atoms with van der Waals surface area (Å²) in [6, 6.07) is 30.1. The van der Waals surface area contributed by atoms with Gasteiger partial charge in [-0.15, -0.1) is 5.10 Å². The number of nitrogens with zero attached hydrogens (tertiary/aromatic N) is 6. The van der Waals surface area contributed by atoms with Crippen molar-refractivity contribution < 1.29 is 0 Å². The topological polar surface area (TPSA) is 61.4 Å². The molecule has 2 aromatic heterocycles. The predicted molar refractivity (Wildman–Crippen MR) is 107 cm³/mol. The van der Waals surface area contributed by atoms with Crippen molar-refractivity contribution in [3.63, 3.8) is 0 Å². The van der Waals surface area contributed by atoms with Crippen LogP contribution in [0.25, 0.3) is 34.0 Å². The highest BCUT2D eigenvalue weighted by Crippen LogP contribution is 2.33. The standard InChI is InChI=1S/C22H16N6/c1-4-10-17(11-5-1)21-20(16-23-27(21)18-12-6-2-7-13-18)22-24-25-26-28(22)19-14-8-3-9-15-19/h1-16H. The maximum Gasteiger partial charge on any atom is 0.190 e. The van der Waals surface area contributed by atoms with Gasteiger partial charge in [-0.05, 0) is 34.7 Å². The van der Waals surface area contributed by atoms with Gasteiger partial charge in [0, 0.05) is 5.56 Å². The molecular weight excluding hydrogens is 348 g/mol. The highest BCUT2D eigenvalue weighted by Gasteiger charge is 2.21. The van der Waals surface area contributed by atoms with Crippen LogP contribution in [-0.2, 0) is 0 Å². The van der Waals surface area contributed by atoms with Gasteiger partial charge in [0.2, 0.25) is 0 Å². The third kappa shape index (κ3) is 2.77. The van der Waals surface area contributed by atoms with Crippen LogP contribution < -0.4 is 0 Å². The Morgan fingerprint density at radius 3 is 1.82 bits per heavy atom. The summed E-state index contributed by atoms with van der Waals surface area (Å²) in [5, 5.41) is 17.1. The molecule has 2 heterocycles. The first-order valence-corrected chi connectivity index (χ1v) is 8.95. The van der Waals surface area contributed by atoms with E-state index in [1.54, 1.807) is 4.68 Å². The zero-order chi connectivity index (χ0) is 18.8. The molecule has 0 amide bonds. The molecule has 6 heteroatoms. The molecule has 0 spiro atoms. The van der Waals surface area contributed by atoms with E-state index in [2.05, 4.69) is 32.8 Å². The van der Waals surface area contributed by atoms with E-state index >= 15 is 0 Å². The van der Waals surface area contributed by atoms with Gasteiger partial charge < -0.3 is 0 Å². The van der Waals surface area contributed by atoms with E-state index in [4.69, 9.17) is 0 Å². The normalized spacial score (nSPS) is 10.9. The summed E-state index contributed by atoms with van der Waals surface area (Å²) in [5.74, 6) is 0.646. The van der Waals surface area contributed by atoms with Gasteiger partial charge in [0.05, 0.1) is 28.8 Å². The number of aromatic nitrogens is 6. The number of hydrogen-bond acceptors (Lipinski definition) is 4. The Bertz CT molecular complexity index is 1190. The fourth-order valence-electron chi connectivity index (χ4n) is 3.25. The van der Waals surface area contributed by atoms with Crippen molar-refractivity contribution in [1.82, 2.24) is 30.0 Å². The molecular formula is C22H16N6. The molecule has 0 unspecified atom stereocenters. The third-order valence-corrected chi connectivity index (χ3v) is 4.53. The molecule has 0 aliphatic rings. The summed E-state index contributed by atoms with van der Waals surface area (Å²) in [6.45, 7) is 0. The van der Waals surface area contributed by atoms with Crippen molar-refractivity contribution in [2.45, 2.75) is 0 Å². The second-order valence-corrected chi connectivity index (χ2v) is 6.27. The second-order valence-electron chi connectivity index (χ2n) is 6.27. The Kier molecular flexibility index (Phi) is 3.99. The van der Waals surface area contributed by atoms with E-state index < -0.39 is 0 Å². The molecule has 0 aliphatic carbocycles. The Hall–Kier alpha value is -4.06. The quantitative estimate of drug-likeness (QED) is 0.480. The zero-order valence-electron chi connectivity index (χ0n) is 14.9. The molecule has 5 rings (SSSR count). The van der Waals surface area contributed by atoms with Crippen molar-refractivity contribution in [3.8, 4) is 34.0 Å². The van der Waals surface area contributed by atoms with E-state index in [0.717, 1.165) is 28.2 Å². The molecule has 3 aromatic carbocycles. The molecule has 5 aromatic rings. The largest absolute Gasteiger partial charge is 0.232 e. The first-order valence-electron chi connectivity index (χ1n) is 8.95. The monoisotopic (exact) mass is 364 g/mol. The fourth-order valence-corrected chi connectivity index (χ4v) is 3.25. The average Bonchev–Trinajstić information content (AvgIpc) is 3.43. The molecule has 0 N–H and O–H groups in total. The van der Waals surface area contributed by atoms with Crippen LogP contribution in [-0.4, -0.2) is 30.0 Å². The Morgan fingerprint density at radius 2 is 1.18 bits per heavy atom. The minimum Gasteiger partial charge on any atom is -0.232 e. The Labute approximate surface area is 161 Å². The van der Waals surface area contributed by atoms with Crippen LogP contribution in [0.4, 0.5) is 0 Å². The summed E-state index contributed by atoms with van der Waals surface area (Å²) in [7, 11) is 0. The van der Waals surface area contributed by atoms with Gasteiger partial charge in [0.15, 0.2) is 5.82 Å². The first-order chi connectivity index (χ1) is 13.9. The minimum atomic E-state index is 0.646. The fraction of sp³-hybridized carbons (Fsp3) is 0. The summed E-state index contributed by atoms with van der Waals surface area (Å²) < 4.78 is 3.66. The lowest BCUT2D eigenvalue weighted by molar-refractivity contribution is 0.791. The maximum atomic E-state index is 4.66. The predicted octanol–water partition coefficient (Wildman–Crippen LogP) is 4.18.